The molecule has 1 aliphatic rings. The summed E-state index contributed by atoms with van der Waals surface area (Å²) in [5, 5.41) is 11.0. The van der Waals surface area contributed by atoms with Crippen LogP contribution in [0.1, 0.15) is 43.5 Å². The summed E-state index contributed by atoms with van der Waals surface area (Å²) in [6, 6.07) is 2.91. The Kier molecular flexibility index (Phi) is 4.37. The molecule has 1 aliphatic heterocycles. The maximum absolute atomic E-state index is 12.7. The van der Waals surface area contributed by atoms with Crippen LogP contribution in [0.4, 0.5) is 11.4 Å². The van der Waals surface area contributed by atoms with Crippen molar-refractivity contribution in [1.29, 1.82) is 0 Å². The van der Waals surface area contributed by atoms with E-state index in [1.54, 1.807) is 4.90 Å². The molecule has 1 aromatic rings. The van der Waals surface area contributed by atoms with Crippen LogP contribution in [-0.2, 0) is 0 Å². The first-order chi connectivity index (χ1) is 9.86. The maximum atomic E-state index is 12.7. The van der Waals surface area contributed by atoms with Crippen molar-refractivity contribution in [3.8, 4) is 0 Å². The van der Waals surface area contributed by atoms with Crippen molar-refractivity contribution in [1.82, 2.24) is 4.90 Å². The molecule has 2 unspecified atom stereocenters. The molecular weight excluding hydrogens is 294 g/mol. The minimum absolute atomic E-state index is 0.0347. The molecule has 0 aromatic heterocycles. The van der Waals surface area contributed by atoms with E-state index < -0.39 is 4.92 Å². The van der Waals surface area contributed by atoms with Gasteiger partial charge in [-0.3, -0.25) is 14.9 Å². The molecule has 0 aliphatic carbocycles. The zero-order chi connectivity index (χ0) is 15.7. The molecule has 21 heavy (non-hydrogen) atoms. The Morgan fingerprint density at radius 3 is 2.76 bits per heavy atom. The number of nitrogens with zero attached hydrogens (tertiary/aromatic N) is 2. The first kappa shape index (κ1) is 15.6. The van der Waals surface area contributed by atoms with Gasteiger partial charge < -0.3 is 10.6 Å². The Balaban J connectivity index is 2.42. The summed E-state index contributed by atoms with van der Waals surface area (Å²) in [6.45, 7) is 4.02. The number of carbonyl (C=O) groups is 1. The van der Waals surface area contributed by atoms with Crippen LogP contribution in [0.25, 0.3) is 0 Å². The van der Waals surface area contributed by atoms with Crippen molar-refractivity contribution in [3.05, 3.63) is 32.8 Å². The van der Waals surface area contributed by atoms with Gasteiger partial charge >= 0.3 is 0 Å². The largest absolute Gasteiger partial charge is 0.392 e. The average molecular weight is 312 g/mol. The molecule has 0 bridgehead atoms. The van der Waals surface area contributed by atoms with Crippen LogP contribution in [0.3, 0.4) is 0 Å². The quantitative estimate of drug-likeness (QED) is 0.527. The van der Waals surface area contributed by atoms with Crippen LogP contribution in [0.2, 0.25) is 5.02 Å². The smallest absolute Gasteiger partial charge is 0.294 e. The summed E-state index contributed by atoms with van der Waals surface area (Å²) in [5.74, 6) is -0.225. The Morgan fingerprint density at radius 2 is 2.19 bits per heavy atom. The zero-order valence-electron chi connectivity index (χ0n) is 12.0. The average Bonchev–Trinajstić information content (AvgIpc) is 2.81. The number of halogens is 1. The maximum Gasteiger partial charge on any atom is 0.294 e. The minimum Gasteiger partial charge on any atom is -0.392 e. The van der Waals surface area contributed by atoms with Crippen LogP contribution >= 0.6 is 11.6 Å². The second-order valence-electron chi connectivity index (χ2n) is 5.35. The molecule has 1 saturated heterocycles. The summed E-state index contributed by atoms with van der Waals surface area (Å²) >= 11 is 5.92. The molecule has 6 nitrogen and oxygen atoms in total. The number of nitro benzene ring substituents is 1. The van der Waals surface area contributed by atoms with Gasteiger partial charge in [-0.25, -0.2) is 0 Å². The fraction of sp³-hybridized carbons (Fsp3) is 0.500. The molecule has 1 heterocycles. The number of hydrogen-bond donors (Lipinski definition) is 1. The second-order valence-corrected chi connectivity index (χ2v) is 5.76. The third kappa shape index (κ3) is 2.81. The van der Waals surface area contributed by atoms with Gasteiger partial charge in [-0.1, -0.05) is 18.5 Å². The van der Waals surface area contributed by atoms with E-state index in [-0.39, 0.29) is 40.0 Å². The highest BCUT2D eigenvalue weighted by Gasteiger charge is 2.34. The number of benzene rings is 1. The Bertz CT molecular complexity index is 591. The van der Waals surface area contributed by atoms with E-state index in [1.165, 1.54) is 12.1 Å². The zero-order valence-corrected chi connectivity index (χ0v) is 12.8. The highest BCUT2D eigenvalue weighted by atomic mass is 35.5. The van der Waals surface area contributed by atoms with Crippen molar-refractivity contribution in [2.75, 3.05) is 5.73 Å². The Hall–Kier alpha value is -1.82. The molecule has 0 spiro atoms. The summed E-state index contributed by atoms with van der Waals surface area (Å²) < 4.78 is 0. The molecule has 1 fully saturated rings. The van der Waals surface area contributed by atoms with Crippen LogP contribution in [0.15, 0.2) is 12.1 Å². The van der Waals surface area contributed by atoms with E-state index >= 15 is 0 Å². The number of nitrogens with two attached hydrogens (primary N) is 1. The van der Waals surface area contributed by atoms with Crippen molar-refractivity contribution in [2.24, 2.45) is 0 Å². The van der Waals surface area contributed by atoms with Crippen molar-refractivity contribution < 1.29 is 9.72 Å². The number of rotatable bonds is 3. The van der Waals surface area contributed by atoms with Gasteiger partial charge in [0.1, 0.15) is 5.69 Å². The molecule has 0 radical (unpaired) electrons. The number of hydrogen-bond acceptors (Lipinski definition) is 4. The van der Waals surface area contributed by atoms with Gasteiger partial charge in [0.25, 0.3) is 11.6 Å². The number of anilines is 1. The van der Waals surface area contributed by atoms with Crippen molar-refractivity contribution in [3.63, 3.8) is 0 Å². The molecule has 2 rings (SSSR count). The predicted octanol–water partition coefficient (Wildman–Crippen LogP) is 3.23. The topological polar surface area (TPSA) is 89.5 Å². The number of nitrogen functional groups attached to an aromatic ring is 1. The normalized spacial score (nSPS) is 21.6. The minimum atomic E-state index is -0.622. The first-order valence-electron chi connectivity index (χ1n) is 6.92. The third-order valence-corrected chi connectivity index (χ3v) is 4.36. The highest BCUT2D eigenvalue weighted by molar-refractivity contribution is 6.34. The SMILES string of the molecule is CCC1CCC(C)N1C(=O)c1cc(Cl)c(N)c([N+](=O)[O-])c1. The molecule has 0 saturated carbocycles. The lowest BCUT2D eigenvalue weighted by Gasteiger charge is -2.28. The summed E-state index contributed by atoms with van der Waals surface area (Å²) in [4.78, 5) is 24.8. The summed E-state index contributed by atoms with van der Waals surface area (Å²) in [6.07, 6.45) is 2.75. The number of likely N-dealkylation sites (tertiary alicyclic amines) is 1. The Morgan fingerprint density at radius 1 is 1.52 bits per heavy atom. The summed E-state index contributed by atoms with van der Waals surface area (Å²) in [7, 11) is 0. The highest BCUT2D eigenvalue weighted by Crippen LogP contribution is 2.33. The number of carbonyl (C=O) groups excluding carboxylic acids is 1. The van der Waals surface area contributed by atoms with E-state index in [2.05, 4.69) is 0 Å². The van der Waals surface area contributed by atoms with Gasteiger partial charge in [0.05, 0.1) is 9.95 Å². The van der Waals surface area contributed by atoms with E-state index in [4.69, 9.17) is 17.3 Å². The Labute approximate surface area is 128 Å². The molecule has 7 heteroatoms. The van der Waals surface area contributed by atoms with Gasteiger partial charge in [0.2, 0.25) is 0 Å². The van der Waals surface area contributed by atoms with E-state index in [9.17, 15) is 14.9 Å². The summed E-state index contributed by atoms with van der Waals surface area (Å²) in [5.41, 5.74) is 5.36. The fourth-order valence-electron chi connectivity index (χ4n) is 2.87. The van der Waals surface area contributed by atoms with Crippen molar-refractivity contribution in [2.45, 2.75) is 45.2 Å². The lowest BCUT2D eigenvalue weighted by Crippen LogP contribution is -2.39. The molecule has 114 valence electrons. The second kappa shape index (κ2) is 5.89. The molecule has 1 aromatic carbocycles. The van der Waals surface area contributed by atoms with Crippen LogP contribution < -0.4 is 5.73 Å². The lowest BCUT2D eigenvalue weighted by molar-refractivity contribution is -0.383. The third-order valence-electron chi connectivity index (χ3n) is 4.04. The standard InChI is InChI=1S/C14H18ClN3O3/c1-3-10-5-4-8(2)17(10)14(19)9-6-11(15)13(16)12(7-9)18(20)21/h6-8,10H,3-5,16H2,1-2H3. The van der Waals surface area contributed by atoms with E-state index in [0.717, 1.165) is 19.3 Å². The van der Waals surface area contributed by atoms with Gasteiger partial charge in [0.15, 0.2) is 0 Å². The van der Waals surface area contributed by atoms with Crippen molar-refractivity contribution >= 4 is 28.9 Å². The van der Waals surface area contributed by atoms with Gasteiger partial charge in [-0.2, -0.15) is 0 Å². The molecular formula is C14H18ClN3O3. The molecule has 2 N–H and O–H groups in total. The van der Waals surface area contributed by atoms with E-state index in [1.807, 2.05) is 13.8 Å². The molecule has 2 atom stereocenters. The fourth-order valence-corrected chi connectivity index (χ4v) is 3.08. The van der Waals surface area contributed by atoms with Crippen LogP contribution in [0, 0.1) is 10.1 Å². The van der Waals surface area contributed by atoms with Gasteiger partial charge in [-0.05, 0) is 32.3 Å². The monoisotopic (exact) mass is 311 g/mol. The van der Waals surface area contributed by atoms with Crippen LogP contribution in [-0.4, -0.2) is 27.8 Å². The van der Waals surface area contributed by atoms with Crippen LogP contribution in [0.5, 0.6) is 0 Å². The lowest BCUT2D eigenvalue weighted by atomic mass is 10.1. The molecule has 1 amide bonds. The number of nitro groups is 1. The van der Waals surface area contributed by atoms with E-state index in [0.29, 0.717) is 0 Å². The number of amides is 1. The van der Waals surface area contributed by atoms with Gasteiger partial charge in [-0.15, -0.1) is 0 Å². The van der Waals surface area contributed by atoms with Gasteiger partial charge in [0, 0.05) is 23.7 Å². The predicted molar refractivity (Wildman–Crippen MR) is 81.5 cm³/mol. The first-order valence-corrected chi connectivity index (χ1v) is 7.30.